The second kappa shape index (κ2) is 5.78. The Morgan fingerprint density at radius 2 is 1.88 bits per heavy atom. The van der Waals surface area contributed by atoms with Gasteiger partial charge in [-0.15, -0.1) is 0 Å². The Hall–Kier alpha value is -0.670. The summed E-state index contributed by atoms with van der Waals surface area (Å²) in [5, 5.41) is 3.29. The van der Waals surface area contributed by atoms with Gasteiger partial charge >= 0.3 is 0 Å². The fourth-order valence-corrected chi connectivity index (χ4v) is 3.01. The lowest BCUT2D eigenvalue weighted by molar-refractivity contribution is 0.0880. The maximum atomic E-state index is 12.4. The Kier molecular flexibility index (Phi) is 4.35. The van der Waals surface area contributed by atoms with E-state index in [1.807, 2.05) is 31.3 Å². The van der Waals surface area contributed by atoms with Gasteiger partial charge in [-0.25, -0.2) is 0 Å². The number of rotatable bonds is 3. The van der Waals surface area contributed by atoms with E-state index in [1.54, 1.807) is 0 Å². The van der Waals surface area contributed by atoms with Crippen molar-refractivity contribution in [2.75, 3.05) is 7.05 Å². The predicted octanol–water partition coefficient (Wildman–Crippen LogP) is 3.41. The number of nitrogens with one attached hydrogen (secondary N) is 1. The summed E-state index contributed by atoms with van der Waals surface area (Å²) in [6.07, 6.45) is 4.23. The number of hydrogen-bond donors (Lipinski definition) is 1. The first kappa shape index (κ1) is 12.8. The minimum absolute atomic E-state index is 0.207. The van der Waals surface area contributed by atoms with Crippen LogP contribution in [0.5, 0.6) is 0 Å². The molecule has 92 valence electrons. The number of carbonyl (C=O) groups is 1. The maximum absolute atomic E-state index is 12.4. The molecule has 2 nitrogen and oxygen atoms in total. The highest BCUT2D eigenvalue weighted by atomic mass is 79.9. The molecule has 0 unspecified atom stereocenters. The molecule has 3 heteroatoms. The third-order valence-corrected chi connectivity index (χ3v) is 4.34. The van der Waals surface area contributed by atoms with E-state index in [9.17, 15) is 4.79 Å². The molecule has 1 aliphatic carbocycles. The van der Waals surface area contributed by atoms with Gasteiger partial charge in [0.2, 0.25) is 0 Å². The molecule has 0 bridgehead atoms. The van der Waals surface area contributed by atoms with Crippen molar-refractivity contribution >= 4 is 21.7 Å². The average molecular weight is 296 g/mol. The SMILES string of the molecule is CNC1CCC(C(=O)c2ccccc2Br)CC1. The molecular formula is C14H18BrNO. The third kappa shape index (κ3) is 2.96. The molecule has 1 N–H and O–H groups in total. The lowest BCUT2D eigenvalue weighted by Crippen LogP contribution is -2.32. The lowest BCUT2D eigenvalue weighted by atomic mass is 9.81. The number of carbonyl (C=O) groups excluding carboxylic acids is 1. The van der Waals surface area contributed by atoms with Gasteiger partial charge in [0.15, 0.2) is 5.78 Å². The summed E-state index contributed by atoms with van der Waals surface area (Å²) < 4.78 is 0.917. The van der Waals surface area contributed by atoms with Crippen LogP contribution in [-0.2, 0) is 0 Å². The normalized spacial score (nSPS) is 24.6. The predicted molar refractivity (Wildman–Crippen MR) is 73.3 cm³/mol. The summed E-state index contributed by atoms with van der Waals surface area (Å²) in [6.45, 7) is 0. The second-order valence-corrected chi connectivity index (χ2v) is 5.54. The number of hydrogen-bond acceptors (Lipinski definition) is 2. The van der Waals surface area contributed by atoms with Crippen LogP contribution in [-0.4, -0.2) is 18.9 Å². The van der Waals surface area contributed by atoms with Gasteiger partial charge in [-0.3, -0.25) is 4.79 Å². The van der Waals surface area contributed by atoms with E-state index in [2.05, 4.69) is 21.2 Å². The van der Waals surface area contributed by atoms with E-state index in [-0.39, 0.29) is 5.92 Å². The standard InChI is InChI=1S/C14H18BrNO/c1-16-11-8-6-10(7-9-11)14(17)12-4-2-3-5-13(12)15/h2-5,10-11,16H,6-9H2,1H3. The van der Waals surface area contributed by atoms with Gasteiger partial charge in [-0.1, -0.05) is 34.1 Å². The Morgan fingerprint density at radius 3 is 2.47 bits per heavy atom. The molecule has 0 atom stereocenters. The quantitative estimate of drug-likeness (QED) is 0.866. The average Bonchev–Trinajstić information content (AvgIpc) is 2.39. The lowest BCUT2D eigenvalue weighted by Gasteiger charge is -2.27. The molecule has 0 amide bonds. The Balaban J connectivity index is 2.04. The maximum Gasteiger partial charge on any atom is 0.167 e. The van der Waals surface area contributed by atoms with Crippen molar-refractivity contribution in [2.24, 2.45) is 5.92 Å². The van der Waals surface area contributed by atoms with Crippen LogP contribution in [0.1, 0.15) is 36.0 Å². The fourth-order valence-electron chi connectivity index (χ4n) is 2.53. The van der Waals surface area contributed by atoms with Gasteiger partial charge in [0, 0.05) is 22.0 Å². The molecule has 0 heterocycles. The molecule has 0 saturated heterocycles. The van der Waals surface area contributed by atoms with Crippen LogP contribution in [0.4, 0.5) is 0 Å². The number of ketones is 1. The van der Waals surface area contributed by atoms with Crippen molar-refractivity contribution in [1.29, 1.82) is 0 Å². The van der Waals surface area contributed by atoms with Gasteiger partial charge < -0.3 is 5.32 Å². The first-order valence-electron chi connectivity index (χ1n) is 6.18. The first-order valence-corrected chi connectivity index (χ1v) is 6.97. The zero-order valence-corrected chi connectivity index (χ0v) is 11.7. The van der Waals surface area contributed by atoms with Crippen molar-refractivity contribution in [1.82, 2.24) is 5.32 Å². The van der Waals surface area contributed by atoms with Gasteiger partial charge in [-0.2, -0.15) is 0 Å². The molecule has 2 rings (SSSR count). The van der Waals surface area contributed by atoms with Crippen LogP contribution in [0.2, 0.25) is 0 Å². The Morgan fingerprint density at radius 1 is 1.24 bits per heavy atom. The molecule has 1 fully saturated rings. The monoisotopic (exact) mass is 295 g/mol. The van der Waals surface area contributed by atoms with Crippen molar-refractivity contribution < 1.29 is 4.79 Å². The number of Topliss-reactive ketones (excluding diaryl/α,β-unsaturated/α-hetero) is 1. The van der Waals surface area contributed by atoms with E-state index in [0.717, 1.165) is 35.7 Å². The minimum atomic E-state index is 0.207. The van der Waals surface area contributed by atoms with Crippen LogP contribution in [0.3, 0.4) is 0 Å². The molecule has 17 heavy (non-hydrogen) atoms. The molecule has 1 aromatic carbocycles. The van der Waals surface area contributed by atoms with Crippen molar-refractivity contribution in [3.05, 3.63) is 34.3 Å². The molecule has 0 radical (unpaired) electrons. The smallest absolute Gasteiger partial charge is 0.167 e. The zero-order chi connectivity index (χ0) is 12.3. The summed E-state index contributed by atoms with van der Waals surface area (Å²) in [5.74, 6) is 0.505. The minimum Gasteiger partial charge on any atom is -0.317 e. The molecule has 1 saturated carbocycles. The highest BCUT2D eigenvalue weighted by molar-refractivity contribution is 9.10. The van der Waals surface area contributed by atoms with E-state index in [0.29, 0.717) is 11.8 Å². The Bertz CT molecular complexity index is 397. The summed E-state index contributed by atoms with van der Waals surface area (Å²) in [4.78, 5) is 12.4. The van der Waals surface area contributed by atoms with Crippen LogP contribution >= 0.6 is 15.9 Å². The van der Waals surface area contributed by atoms with Crippen LogP contribution in [0, 0.1) is 5.92 Å². The highest BCUT2D eigenvalue weighted by Crippen LogP contribution is 2.29. The van der Waals surface area contributed by atoms with Crippen LogP contribution in [0.15, 0.2) is 28.7 Å². The second-order valence-electron chi connectivity index (χ2n) is 4.68. The van der Waals surface area contributed by atoms with E-state index < -0.39 is 0 Å². The van der Waals surface area contributed by atoms with Gasteiger partial charge in [0.1, 0.15) is 0 Å². The fraction of sp³-hybridized carbons (Fsp3) is 0.500. The van der Waals surface area contributed by atoms with Crippen molar-refractivity contribution in [3.8, 4) is 0 Å². The summed E-state index contributed by atoms with van der Waals surface area (Å²) >= 11 is 3.46. The van der Waals surface area contributed by atoms with Gasteiger partial charge in [-0.05, 0) is 38.8 Å². The number of benzene rings is 1. The van der Waals surface area contributed by atoms with Crippen molar-refractivity contribution in [2.45, 2.75) is 31.7 Å². The van der Waals surface area contributed by atoms with Gasteiger partial charge in [0.25, 0.3) is 0 Å². The first-order chi connectivity index (χ1) is 8.22. The summed E-state index contributed by atoms with van der Waals surface area (Å²) in [5.41, 5.74) is 0.834. The van der Waals surface area contributed by atoms with E-state index in [4.69, 9.17) is 0 Å². The molecule has 1 aliphatic rings. The van der Waals surface area contributed by atoms with E-state index in [1.165, 1.54) is 0 Å². The molecular weight excluding hydrogens is 278 g/mol. The largest absolute Gasteiger partial charge is 0.317 e. The van der Waals surface area contributed by atoms with Crippen LogP contribution in [0.25, 0.3) is 0 Å². The molecule has 0 aromatic heterocycles. The van der Waals surface area contributed by atoms with Crippen LogP contribution < -0.4 is 5.32 Å². The van der Waals surface area contributed by atoms with E-state index >= 15 is 0 Å². The number of halogens is 1. The molecule has 0 spiro atoms. The topological polar surface area (TPSA) is 29.1 Å². The molecule has 1 aromatic rings. The van der Waals surface area contributed by atoms with Gasteiger partial charge in [0.05, 0.1) is 0 Å². The third-order valence-electron chi connectivity index (χ3n) is 3.65. The zero-order valence-electron chi connectivity index (χ0n) is 10.1. The summed E-state index contributed by atoms with van der Waals surface area (Å²) in [6, 6.07) is 8.32. The Labute approximate surface area is 111 Å². The summed E-state index contributed by atoms with van der Waals surface area (Å²) in [7, 11) is 2.00. The molecule has 0 aliphatic heterocycles. The highest BCUT2D eigenvalue weighted by Gasteiger charge is 2.26. The van der Waals surface area contributed by atoms with Crippen molar-refractivity contribution in [3.63, 3.8) is 0 Å².